The molecular weight excluding hydrogens is 200 g/mol. The highest BCUT2D eigenvalue weighted by molar-refractivity contribution is 5.86. The maximum absolute atomic E-state index is 9.13. The van der Waals surface area contributed by atoms with E-state index < -0.39 is 0 Å². The molecule has 2 aromatic carbocycles. The van der Waals surface area contributed by atoms with Gasteiger partial charge in [-0.3, -0.25) is 0 Å². The molecule has 0 heterocycles. The fourth-order valence-corrected chi connectivity index (χ4v) is 2.08. The van der Waals surface area contributed by atoms with Crippen molar-refractivity contribution in [1.29, 1.82) is 0 Å². The van der Waals surface area contributed by atoms with Crippen LogP contribution in [0.5, 0.6) is 0 Å². The third kappa shape index (κ3) is 2.08. The minimum absolute atomic E-state index is 0.171. The van der Waals surface area contributed by atoms with E-state index in [1.165, 1.54) is 16.3 Å². The number of fused-ring (bicyclic) bond motifs is 1. The Hall–Kier alpha value is -1.38. The van der Waals surface area contributed by atoms with Crippen LogP contribution in [0.25, 0.3) is 10.8 Å². The van der Waals surface area contributed by atoms with Crippen molar-refractivity contribution < 1.29 is 9.84 Å². The fourth-order valence-electron chi connectivity index (χ4n) is 2.08. The smallest absolute Gasteiger partial charge is 0.0715 e. The lowest BCUT2D eigenvalue weighted by Crippen LogP contribution is -2.00. The second-order valence-electron chi connectivity index (χ2n) is 3.83. The summed E-state index contributed by atoms with van der Waals surface area (Å²) >= 11 is 0. The fraction of sp³-hybridized carbons (Fsp3) is 0.286. The van der Waals surface area contributed by atoms with Crippen LogP contribution in [0.4, 0.5) is 0 Å². The Balaban J connectivity index is 2.58. The highest BCUT2D eigenvalue weighted by Crippen LogP contribution is 2.23. The van der Waals surface area contributed by atoms with Gasteiger partial charge in [0.05, 0.1) is 6.61 Å². The molecule has 0 aliphatic rings. The zero-order chi connectivity index (χ0) is 11.4. The van der Waals surface area contributed by atoms with Gasteiger partial charge in [0, 0.05) is 13.7 Å². The average Bonchev–Trinajstić information content (AvgIpc) is 2.32. The third-order valence-corrected chi connectivity index (χ3v) is 2.80. The van der Waals surface area contributed by atoms with Crippen molar-refractivity contribution in [2.45, 2.75) is 13.0 Å². The number of aliphatic hydroxyl groups is 1. The van der Waals surface area contributed by atoms with Gasteiger partial charge in [-0.05, 0) is 28.3 Å². The van der Waals surface area contributed by atoms with Crippen LogP contribution in [0, 0.1) is 0 Å². The second-order valence-corrected chi connectivity index (χ2v) is 3.83. The molecule has 0 aromatic heterocycles. The van der Waals surface area contributed by atoms with Gasteiger partial charge in [0.25, 0.3) is 0 Å². The van der Waals surface area contributed by atoms with Crippen LogP contribution in [-0.2, 0) is 17.8 Å². The van der Waals surface area contributed by atoms with E-state index in [1.54, 1.807) is 7.11 Å². The van der Waals surface area contributed by atoms with Crippen molar-refractivity contribution >= 4 is 10.8 Å². The summed E-state index contributed by atoms with van der Waals surface area (Å²) in [5.41, 5.74) is 2.36. The lowest BCUT2D eigenvalue weighted by Gasteiger charge is -2.11. The summed E-state index contributed by atoms with van der Waals surface area (Å²) in [5, 5.41) is 11.6. The zero-order valence-electron chi connectivity index (χ0n) is 9.44. The van der Waals surface area contributed by atoms with Gasteiger partial charge in [0.15, 0.2) is 0 Å². The first-order chi connectivity index (χ1) is 7.86. The summed E-state index contributed by atoms with van der Waals surface area (Å²) in [6.07, 6.45) is 0.681. The van der Waals surface area contributed by atoms with Crippen molar-refractivity contribution in [2.24, 2.45) is 0 Å². The molecule has 2 aromatic rings. The van der Waals surface area contributed by atoms with Gasteiger partial charge < -0.3 is 9.84 Å². The summed E-state index contributed by atoms with van der Waals surface area (Å²) in [4.78, 5) is 0. The van der Waals surface area contributed by atoms with Crippen LogP contribution in [0.3, 0.4) is 0 Å². The summed E-state index contributed by atoms with van der Waals surface area (Å²) in [5.74, 6) is 0. The predicted molar refractivity (Wildman–Crippen MR) is 65.5 cm³/mol. The van der Waals surface area contributed by atoms with Gasteiger partial charge >= 0.3 is 0 Å². The van der Waals surface area contributed by atoms with E-state index in [9.17, 15) is 0 Å². The minimum Gasteiger partial charge on any atom is -0.396 e. The van der Waals surface area contributed by atoms with Crippen LogP contribution in [0.2, 0.25) is 0 Å². The van der Waals surface area contributed by atoms with Gasteiger partial charge in [-0.15, -0.1) is 0 Å². The molecule has 0 fully saturated rings. The maximum Gasteiger partial charge on any atom is 0.0715 e. The normalized spacial score (nSPS) is 10.9. The molecule has 2 nitrogen and oxygen atoms in total. The maximum atomic E-state index is 9.13. The van der Waals surface area contributed by atoms with E-state index >= 15 is 0 Å². The Morgan fingerprint density at radius 2 is 1.94 bits per heavy atom. The standard InChI is InChI=1S/C14H16O2/c1-16-10-12-7-6-11-4-2-3-5-13(11)14(12)8-9-15/h2-7,15H,8-10H2,1H3. The first kappa shape index (κ1) is 11.1. The number of benzene rings is 2. The van der Waals surface area contributed by atoms with Crippen molar-refractivity contribution in [3.05, 3.63) is 47.5 Å². The Kier molecular flexibility index (Phi) is 3.54. The molecule has 1 N–H and O–H groups in total. The molecule has 0 bridgehead atoms. The largest absolute Gasteiger partial charge is 0.396 e. The highest BCUT2D eigenvalue weighted by Gasteiger charge is 2.06. The quantitative estimate of drug-likeness (QED) is 0.851. The van der Waals surface area contributed by atoms with Crippen molar-refractivity contribution in [2.75, 3.05) is 13.7 Å². The molecule has 2 heteroatoms. The molecule has 0 unspecified atom stereocenters. The van der Waals surface area contributed by atoms with Crippen molar-refractivity contribution in [1.82, 2.24) is 0 Å². The summed E-state index contributed by atoms with van der Waals surface area (Å²) in [6.45, 7) is 0.769. The molecule has 0 aliphatic carbocycles. The zero-order valence-corrected chi connectivity index (χ0v) is 9.44. The minimum atomic E-state index is 0.171. The first-order valence-corrected chi connectivity index (χ1v) is 5.46. The van der Waals surface area contributed by atoms with E-state index in [0.29, 0.717) is 13.0 Å². The van der Waals surface area contributed by atoms with Crippen LogP contribution in [-0.4, -0.2) is 18.8 Å². The number of hydrogen-bond acceptors (Lipinski definition) is 2. The van der Waals surface area contributed by atoms with Gasteiger partial charge in [-0.1, -0.05) is 36.4 Å². The van der Waals surface area contributed by atoms with Crippen molar-refractivity contribution in [3.8, 4) is 0 Å². The molecule has 2 rings (SSSR count). The Morgan fingerprint density at radius 1 is 1.12 bits per heavy atom. The van der Waals surface area contributed by atoms with E-state index in [0.717, 1.165) is 5.56 Å². The molecule has 0 amide bonds. The van der Waals surface area contributed by atoms with Gasteiger partial charge in [0.2, 0.25) is 0 Å². The van der Waals surface area contributed by atoms with Gasteiger partial charge in [0.1, 0.15) is 0 Å². The van der Waals surface area contributed by atoms with Crippen molar-refractivity contribution in [3.63, 3.8) is 0 Å². The summed E-state index contributed by atoms with van der Waals surface area (Å²) in [6, 6.07) is 12.4. The number of hydrogen-bond donors (Lipinski definition) is 1. The molecular formula is C14H16O2. The number of aliphatic hydroxyl groups excluding tert-OH is 1. The third-order valence-electron chi connectivity index (χ3n) is 2.80. The summed E-state index contributed by atoms with van der Waals surface area (Å²) < 4.78 is 5.18. The van der Waals surface area contributed by atoms with E-state index in [-0.39, 0.29) is 6.61 Å². The monoisotopic (exact) mass is 216 g/mol. The van der Waals surface area contributed by atoms with Gasteiger partial charge in [-0.2, -0.15) is 0 Å². The van der Waals surface area contributed by atoms with Crippen LogP contribution in [0.15, 0.2) is 36.4 Å². The molecule has 0 atom stereocenters. The lowest BCUT2D eigenvalue weighted by molar-refractivity contribution is 0.184. The SMILES string of the molecule is COCc1ccc2ccccc2c1CCO. The molecule has 16 heavy (non-hydrogen) atoms. The average molecular weight is 216 g/mol. The molecule has 0 saturated heterocycles. The highest BCUT2D eigenvalue weighted by atomic mass is 16.5. The molecule has 0 radical (unpaired) electrons. The molecule has 84 valence electrons. The van der Waals surface area contributed by atoms with Gasteiger partial charge in [-0.25, -0.2) is 0 Å². The lowest BCUT2D eigenvalue weighted by atomic mass is 9.97. The number of ether oxygens (including phenoxy) is 1. The number of methoxy groups -OCH3 is 1. The Morgan fingerprint density at radius 3 is 2.69 bits per heavy atom. The van der Waals surface area contributed by atoms with E-state index in [2.05, 4.69) is 24.3 Å². The summed E-state index contributed by atoms with van der Waals surface area (Å²) in [7, 11) is 1.69. The number of rotatable bonds is 4. The van der Waals surface area contributed by atoms with E-state index in [1.807, 2.05) is 12.1 Å². The topological polar surface area (TPSA) is 29.5 Å². The predicted octanol–water partition coefficient (Wildman–Crippen LogP) is 2.52. The van der Waals surface area contributed by atoms with Crippen LogP contribution < -0.4 is 0 Å². The van der Waals surface area contributed by atoms with Crippen LogP contribution >= 0.6 is 0 Å². The Labute approximate surface area is 95.5 Å². The molecule has 0 saturated carbocycles. The first-order valence-electron chi connectivity index (χ1n) is 5.46. The molecule has 0 spiro atoms. The Bertz CT molecular complexity index is 477. The van der Waals surface area contributed by atoms with Crippen LogP contribution in [0.1, 0.15) is 11.1 Å². The molecule has 0 aliphatic heterocycles. The van der Waals surface area contributed by atoms with E-state index in [4.69, 9.17) is 9.84 Å². The second kappa shape index (κ2) is 5.10.